The molecular weight excluding hydrogens is 362 g/mol. The lowest BCUT2D eigenvalue weighted by Gasteiger charge is -2.38. The third-order valence-corrected chi connectivity index (χ3v) is 5.78. The van der Waals surface area contributed by atoms with Crippen molar-refractivity contribution in [1.82, 2.24) is 10.2 Å². The van der Waals surface area contributed by atoms with Crippen molar-refractivity contribution >= 4 is 34.8 Å². The standard InChI is InChI=1S/C20H25N3OS2/c1-24-17-9-7-16(8-10-17)15-21-20(25)23-13-11-22(12-14-23)18-5-3-4-6-19(18)26-2/h3-10H,11-15H2,1-2H3,(H,21,25). The van der Waals surface area contributed by atoms with Gasteiger partial charge < -0.3 is 19.9 Å². The van der Waals surface area contributed by atoms with Crippen LogP contribution in [0.3, 0.4) is 0 Å². The summed E-state index contributed by atoms with van der Waals surface area (Å²) in [6.45, 7) is 4.59. The normalized spacial score (nSPS) is 14.2. The van der Waals surface area contributed by atoms with Gasteiger partial charge >= 0.3 is 0 Å². The van der Waals surface area contributed by atoms with Gasteiger partial charge in [0.05, 0.1) is 12.8 Å². The Morgan fingerprint density at radius 1 is 1.08 bits per heavy atom. The highest BCUT2D eigenvalue weighted by Crippen LogP contribution is 2.29. The van der Waals surface area contributed by atoms with Gasteiger partial charge in [0.1, 0.15) is 5.75 Å². The summed E-state index contributed by atoms with van der Waals surface area (Å²) in [5.74, 6) is 0.873. The molecule has 1 heterocycles. The second-order valence-electron chi connectivity index (χ2n) is 6.15. The number of methoxy groups -OCH3 is 1. The number of hydrogen-bond acceptors (Lipinski definition) is 4. The third kappa shape index (κ3) is 4.62. The largest absolute Gasteiger partial charge is 0.497 e. The first kappa shape index (κ1) is 18.9. The molecule has 0 spiro atoms. The molecule has 138 valence electrons. The second-order valence-corrected chi connectivity index (χ2v) is 7.39. The van der Waals surface area contributed by atoms with Gasteiger partial charge in [-0.25, -0.2) is 0 Å². The Bertz CT molecular complexity index is 728. The lowest BCUT2D eigenvalue weighted by molar-refractivity contribution is 0.379. The van der Waals surface area contributed by atoms with E-state index in [2.05, 4.69) is 57.8 Å². The summed E-state index contributed by atoms with van der Waals surface area (Å²) in [6.07, 6.45) is 2.13. The highest BCUT2D eigenvalue weighted by atomic mass is 32.2. The Hall–Kier alpha value is -1.92. The molecule has 0 atom stereocenters. The molecule has 0 saturated carbocycles. The van der Waals surface area contributed by atoms with E-state index >= 15 is 0 Å². The number of benzene rings is 2. The third-order valence-electron chi connectivity index (χ3n) is 4.60. The Kier molecular flexibility index (Phi) is 6.63. The van der Waals surface area contributed by atoms with Gasteiger partial charge in [0.25, 0.3) is 0 Å². The van der Waals surface area contributed by atoms with Crippen LogP contribution in [0.25, 0.3) is 0 Å². The van der Waals surface area contributed by atoms with E-state index in [9.17, 15) is 0 Å². The number of thioether (sulfide) groups is 1. The molecule has 0 aliphatic carbocycles. The number of hydrogen-bond donors (Lipinski definition) is 1. The molecule has 1 saturated heterocycles. The van der Waals surface area contributed by atoms with E-state index in [1.54, 1.807) is 18.9 Å². The van der Waals surface area contributed by atoms with Crippen LogP contribution in [-0.4, -0.2) is 49.6 Å². The molecule has 26 heavy (non-hydrogen) atoms. The van der Waals surface area contributed by atoms with Crippen molar-refractivity contribution in [1.29, 1.82) is 0 Å². The predicted octanol–water partition coefficient (Wildman–Crippen LogP) is 3.61. The van der Waals surface area contributed by atoms with Crippen molar-refractivity contribution in [3.05, 3.63) is 54.1 Å². The minimum atomic E-state index is 0.734. The molecule has 2 aromatic rings. The van der Waals surface area contributed by atoms with Gasteiger partial charge in [0.2, 0.25) is 0 Å². The van der Waals surface area contributed by atoms with Gasteiger partial charge in [-0.05, 0) is 48.3 Å². The number of anilines is 1. The first-order valence-corrected chi connectivity index (χ1v) is 10.4. The smallest absolute Gasteiger partial charge is 0.169 e. The molecule has 6 heteroatoms. The highest BCUT2D eigenvalue weighted by molar-refractivity contribution is 7.98. The van der Waals surface area contributed by atoms with Crippen LogP contribution in [0.2, 0.25) is 0 Å². The fourth-order valence-corrected chi connectivity index (χ4v) is 3.95. The Balaban J connectivity index is 1.50. The van der Waals surface area contributed by atoms with E-state index in [1.807, 2.05) is 12.1 Å². The molecule has 1 N–H and O–H groups in total. The summed E-state index contributed by atoms with van der Waals surface area (Å²) in [4.78, 5) is 6.05. The number of ether oxygens (including phenoxy) is 1. The van der Waals surface area contributed by atoms with Crippen molar-refractivity contribution in [2.75, 3.05) is 44.4 Å². The molecule has 3 rings (SSSR count). The molecule has 4 nitrogen and oxygen atoms in total. The van der Waals surface area contributed by atoms with Crippen LogP contribution in [0.15, 0.2) is 53.4 Å². The van der Waals surface area contributed by atoms with E-state index in [4.69, 9.17) is 17.0 Å². The molecule has 0 bridgehead atoms. The van der Waals surface area contributed by atoms with E-state index in [0.717, 1.165) is 43.6 Å². The summed E-state index contributed by atoms with van der Waals surface area (Å²) in [5.41, 5.74) is 2.53. The summed E-state index contributed by atoms with van der Waals surface area (Å²) >= 11 is 7.40. The first-order valence-electron chi connectivity index (χ1n) is 8.75. The quantitative estimate of drug-likeness (QED) is 0.622. The van der Waals surface area contributed by atoms with Gasteiger partial charge in [0.15, 0.2) is 5.11 Å². The topological polar surface area (TPSA) is 27.7 Å². The Morgan fingerprint density at radius 2 is 1.77 bits per heavy atom. The highest BCUT2D eigenvalue weighted by Gasteiger charge is 2.20. The lowest BCUT2D eigenvalue weighted by atomic mass is 10.2. The molecule has 1 aliphatic rings. The summed E-state index contributed by atoms with van der Waals surface area (Å²) in [7, 11) is 1.68. The first-order chi connectivity index (χ1) is 12.7. The zero-order valence-electron chi connectivity index (χ0n) is 15.3. The maximum absolute atomic E-state index is 5.59. The maximum Gasteiger partial charge on any atom is 0.169 e. The van der Waals surface area contributed by atoms with Crippen molar-refractivity contribution in [2.45, 2.75) is 11.4 Å². The minimum Gasteiger partial charge on any atom is -0.497 e. The fourth-order valence-electron chi connectivity index (χ4n) is 3.07. The van der Waals surface area contributed by atoms with Gasteiger partial charge in [-0.1, -0.05) is 24.3 Å². The number of thiocarbonyl (C=S) groups is 1. The SMILES string of the molecule is COc1ccc(CNC(=S)N2CCN(c3ccccc3SC)CC2)cc1. The number of para-hydroxylation sites is 1. The maximum atomic E-state index is 5.59. The van der Waals surface area contributed by atoms with Crippen LogP contribution in [0.4, 0.5) is 5.69 Å². The molecule has 1 fully saturated rings. The van der Waals surface area contributed by atoms with E-state index < -0.39 is 0 Å². The van der Waals surface area contributed by atoms with Crippen LogP contribution >= 0.6 is 24.0 Å². The summed E-state index contributed by atoms with van der Waals surface area (Å²) < 4.78 is 5.19. The van der Waals surface area contributed by atoms with Gasteiger partial charge in [-0.3, -0.25) is 0 Å². The summed E-state index contributed by atoms with van der Waals surface area (Å²) in [5, 5.41) is 4.21. The van der Waals surface area contributed by atoms with E-state index in [0.29, 0.717) is 0 Å². The van der Waals surface area contributed by atoms with Crippen molar-refractivity contribution in [3.8, 4) is 5.75 Å². The zero-order valence-corrected chi connectivity index (χ0v) is 16.9. The Morgan fingerprint density at radius 3 is 2.42 bits per heavy atom. The average Bonchev–Trinajstić information content (AvgIpc) is 2.72. The van der Waals surface area contributed by atoms with Crippen molar-refractivity contribution in [3.63, 3.8) is 0 Å². The van der Waals surface area contributed by atoms with Crippen LogP contribution < -0.4 is 15.0 Å². The van der Waals surface area contributed by atoms with Crippen molar-refractivity contribution < 1.29 is 4.74 Å². The molecule has 0 aromatic heterocycles. The number of rotatable bonds is 5. The minimum absolute atomic E-state index is 0.734. The average molecular weight is 388 g/mol. The fraction of sp³-hybridized carbons (Fsp3) is 0.350. The predicted molar refractivity (Wildman–Crippen MR) is 114 cm³/mol. The monoisotopic (exact) mass is 387 g/mol. The molecule has 1 aliphatic heterocycles. The van der Waals surface area contributed by atoms with Crippen LogP contribution in [0.5, 0.6) is 5.75 Å². The van der Waals surface area contributed by atoms with E-state index in [-0.39, 0.29) is 0 Å². The second kappa shape index (κ2) is 9.14. The zero-order chi connectivity index (χ0) is 18.4. The number of nitrogens with zero attached hydrogens (tertiary/aromatic N) is 2. The lowest BCUT2D eigenvalue weighted by Crippen LogP contribution is -2.51. The number of piperazine rings is 1. The molecule has 0 amide bonds. The van der Waals surface area contributed by atoms with E-state index in [1.165, 1.54) is 16.1 Å². The summed E-state index contributed by atoms with van der Waals surface area (Å²) in [6, 6.07) is 16.7. The molecule has 0 unspecified atom stereocenters. The molecule has 2 aromatic carbocycles. The van der Waals surface area contributed by atoms with Gasteiger partial charge in [-0.2, -0.15) is 0 Å². The van der Waals surface area contributed by atoms with Crippen LogP contribution in [-0.2, 0) is 6.54 Å². The van der Waals surface area contributed by atoms with Gasteiger partial charge in [0, 0.05) is 37.6 Å². The van der Waals surface area contributed by atoms with Crippen LogP contribution in [0, 0.1) is 0 Å². The van der Waals surface area contributed by atoms with Crippen molar-refractivity contribution in [2.24, 2.45) is 0 Å². The van der Waals surface area contributed by atoms with Crippen LogP contribution in [0.1, 0.15) is 5.56 Å². The molecule has 0 radical (unpaired) electrons. The van der Waals surface area contributed by atoms with Gasteiger partial charge in [-0.15, -0.1) is 11.8 Å². The number of nitrogens with one attached hydrogen (secondary N) is 1. The Labute approximate surface area is 165 Å². The molecular formula is C20H25N3OS2.